The van der Waals surface area contributed by atoms with E-state index < -0.39 is 0 Å². The first-order valence-electron chi connectivity index (χ1n) is 10.3. The normalized spacial score (nSPS) is 14.5. The van der Waals surface area contributed by atoms with Crippen molar-refractivity contribution >= 4 is 34.6 Å². The van der Waals surface area contributed by atoms with E-state index in [1.165, 1.54) is 21.6 Å². The fourth-order valence-corrected chi connectivity index (χ4v) is 3.95. The first kappa shape index (κ1) is 21.3. The van der Waals surface area contributed by atoms with Crippen LogP contribution in [0.3, 0.4) is 0 Å². The van der Waals surface area contributed by atoms with Crippen molar-refractivity contribution in [3.05, 3.63) is 59.2 Å². The van der Waals surface area contributed by atoms with E-state index in [4.69, 9.17) is 12.2 Å². The van der Waals surface area contributed by atoms with Gasteiger partial charge in [0.15, 0.2) is 11.7 Å². The molecule has 1 saturated heterocycles. The van der Waals surface area contributed by atoms with Crippen molar-refractivity contribution < 1.29 is 9.69 Å². The second-order valence-electron chi connectivity index (χ2n) is 7.65. The van der Waals surface area contributed by atoms with Gasteiger partial charge in [-0.25, -0.2) is 0 Å². The van der Waals surface area contributed by atoms with Gasteiger partial charge in [0.25, 0.3) is 5.91 Å². The van der Waals surface area contributed by atoms with E-state index >= 15 is 0 Å². The molecule has 1 heterocycles. The fraction of sp³-hybridized carbons (Fsp3) is 0.391. The number of para-hydroxylation sites is 1. The molecule has 1 fully saturated rings. The van der Waals surface area contributed by atoms with Crippen LogP contribution in [-0.2, 0) is 11.2 Å². The summed E-state index contributed by atoms with van der Waals surface area (Å²) < 4.78 is 0. The van der Waals surface area contributed by atoms with E-state index in [9.17, 15) is 4.79 Å². The molecule has 0 aliphatic carbocycles. The van der Waals surface area contributed by atoms with Crippen LogP contribution in [0.5, 0.6) is 0 Å². The molecule has 3 N–H and O–H groups in total. The maximum atomic E-state index is 12.5. The summed E-state index contributed by atoms with van der Waals surface area (Å²) >= 11 is 5.63. The van der Waals surface area contributed by atoms with Gasteiger partial charge in [-0.15, -0.1) is 0 Å². The van der Waals surface area contributed by atoms with Crippen LogP contribution in [0.2, 0.25) is 0 Å². The number of piperazine rings is 1. The molecule has 0 atom stereocenters. The molecule has 0 radical (unpaired) electrons. The third kappa shape index (κ3) is 5.55. The topological polar surface area (TPSA) is 48.8 Å². The van der Waals surface area contributed by atoms with E-state index in [1.807, 2.05) is 24.3 Å². The van der Waals surface area contributed by atoms with Gasteiger partial charge in [-0.1, -0.05) is 37.3 Å². The molecule has 3 rings (SSSR count). The summed E-state index contributed by atoms with van der Waals surface area (Å²) in [4.78, 5) is 16.0. The van der Waals surface area contributed by atoms with Gasteiger partial charge in [0.2, 0.25) is 0 Å². The Hall–Kier alpha value is -2.44. The standard InChI is InChI=1S/C23H30N4OS/c1-4-19-9-5-6-10-21(19)24-22(28)16-26-12-14-27(15-13-26)23(29)25-20-11-7-8-17(2)18(20)3/h5-11H,4,12-16H2,1-3H3,(H,24,28)(H,25,29)/p+1. The smallest absolute Gasteiger partial charge is 0.279 e. The Labute approximate surface area is 179 Å². The Kier molecular flexibility index (Phi) is 7.23. The number of amides is 1. The van der Waals surface area contributed by atoms with Gasteiger partial charge in [0.05, 0.1) is 26.2 Å². The summed E-state index contributed by atoms with van der Waals surface area (Å²) in [5, 5.41) is 7.23. The lowest BCUT2D eigenvalue weighted by Gasteiger charge is -2.33. The molecule has 2 aromatic rings. The van der Waals surface area contributed by atoms with Gasteiger partial charge in [-0.3, -0.25) is 4.79 Å². The molecule has 1 amide bonds. The highest BCUT2D eigenvalue weighted by Gasteiger charge is 2.24. The van der Waals surface area contributed by atoms with Crippen molar-refractivity contribution in [1.29, 1.82) is 0 Å². The summed E-state index contributed by atoms with van der Waals surface area (Å²) in [6, 6.07) is 14.2. The lowest BCUT2D eigenvalue weighted by atomic mass is 10.1. The molecule has 1 aliphatic heterocycles. The van der Waals surface area contributed by atoms with Gasteiger partial charge in [-0.2, -0.15) is 0 Å². The minimum absolute atomic E-state index is 0.0745. The summed E-state index contributed by atoms with van der Waals surface area (Å²) in [7, 11) is 0. The van der Waals surface area contributed by atoms with E-state index in [1.54, 1.807) is 0 Å². The second-order valence-corrected chi connectivity index (χ2v) is 8.04. The zero-order valence-electron chi connectivity index (χ0n) is 17.5. The molecule has 0 aromatic heterocycles. The number of hydrogen-bond acceptors (Lipinski definition) is 2. The third-order valence-electron chi connectivity index (χ3n) is 5.69. The van der Waals surface area contributed by atoms with Crippen LogP contribution < -0.4 is 15.5 Å². The number of nitrogens with zero attached hydrogens (tertiary/aromatic N) is 1. The zero-order valence-corrected chi connectivity index (χ0v) is 18.4. The summed E-state index contributed by atoms with van der Waals surface area (Å²) in [6.07, 6.45) is 0.910. The van der Waals surface area contributed by atoms with Gasteiger partial charge in [0, 0.05) is 11.4 Å². The Morgan fingerprint density at radius 1 is 1.03 bits per heavy atom. The fourth-order valence-electron chi connectivity index (χ4n) is 3.66. The predicted molar refractivity (Wildman–Crippen MR) is 124 cm³/mol. The quantitative estimate of drug-likeness (QED) is 0.662. The second kappa shape index (κ2) is 9.85. The number of rotatable bonds is 5. The minimum Gasteiger partial charge on any atom is -0.338 e. The molecule has 29 heavy (non-hydrogen) atoms. The Morgan fingerprint density at radius 3 is 2.45 bits per heavy atom. The number of carbonyl (C=O) groups excluding carboxylic acids is 1. The van der Waals surface area contributed by atoms with Crippen LogP contribution in [0.25, 0.3) is 0 Å². The number of carbonyl (C=O) groups is 1. The van der Waals surface area contributed by atoms with Crippen LogP contribution in [0.1, 0.15) is 23.6 Å². The van der Waals surface area contributed by atoms with Gasteiger partial charge in [0.1, 0.15) is 0 Å². The maximum Gasteiger partial charge on any atom is 0.279 e. The Morgan fingerprint density at radius 2 is 1.72 bits per heavy atom. The van der Waals surface area contributed by atoms with Gasteiger partial charge in [-0.05, 0) is 61.3 Å². The number of nitrogens with one attached hydrogen (secondary N) is 3. The Bertz CT molecular complexity index is 875. The van der Waals surface area contributed by atoms with E-state index in [0.717, 1.165) is 49.1 Å². The molecular formula is C23H31N4OS+. The monoisotopic (exact) mass is 411 g/mol. The van der Waals surface area contributed by atoms with E-state index in [-0.39, 0.29) is 5.91 Å². The molecule has 5 nitrogen and oxygen atoms in total. The first-order valence-corrected chi connectivity index (χ1v) is 10.7. The van der Waals surface area contributed by atoms with E-state index in [0.29, 0.717) is 6.54 Å². The first-order chi connectivity index (χ1) is 14.0. The van der Waals surface area contributed by atoms with Crippen LogP contribution in [0.15, 0.2) is 42.5 Å². The number of aryl methyl sites for hydroxylation is 2. The van der Waals surface area contributed by atoms with Crippen molar-refractivity contribution in [1.82, 2.24) is 4.90 Å². The molecule has 0 saturated carbocycles. The van der Waals surface area contributed by atoms with Crippen molar-refractivity contribution in [2.75, 3.05) is 43.4 Å². The zero-order chi connectivity index (χ0) is 20.8. The van der Waals surface area contributed by atoms with Gasteiger partial charge >= 0.3 is 0 Å². The van der Waals surface area contributed by atoms with Crippen molar-refractivity contribution in [2.45, 2.75) is 27.2 Å². The largest absolute Gasteiger partial charge is 0.338 e. The van der Waals surface area contributed by atoms with Crippen LogP contribution in [0, 0.1) is 13.8 Å². The molecule has 2 aromatic carbocycles. The average Bonchev–Trinajstić information content (AvgIpc) is 2.72. The van der Waals surface area contributed by atoms with Crippen molar-refractivity contribution in [3.63, 3.8) is 0 Å². The van der Waals surface area contributed by atoms with Crippen molar-refractivity contribution in [3.8, 4) is 0 Å². The van der Waals surface area contributed by atoms with Crippen LogP contribution >= 0.6 is 12.2 Å². The predicted octanol–water partition coefficient (Wildman–Crippen LogP) is 2.40. The van der Waals surface area contributed by atoms with Gasteiger partial charge < -0.3 is 20.4 Å². The highest BCUT2D eigenvalue weighted by Crippen LogP contribution is 2.18. The molecule has 1 aliphatic rings. The molecule has 6 heteroatoms. The molecule has 0 bridgehead atoms. The minimum atomic E-state index is 0.0745. The molecular weight excluding hydrogens is 380 g/mol. The summed E-state index contributed by atoms with van der Waals surface area (Å²) in [5.41, 5.74) is 5.64. The third-order valence-corrected chi connectivity index (χ3v) is 6.05. The van der Waals surface area contributed by atoms with Crippen LogP contribution in [0.4, 0.5) is 11.4 Å². The molecule has 154 valence electrons. The van der Waals surface area contributed by atoms with Crippen molar-refractivity contribution in [2.24, 2.45) is 0 Å². The molecule has 0 unspecified atom stereocenters. The Balaban J connectivity index is 1.48. The summed E-state index contributed by atoms with van der Waals surface area (Å²) in [5.74, 6) is 0.0745. The average molecular weight is 412 g/mol. The number of benzene rings is 2. The number of quaternary nitrogens is 1. The lowest BCUT2D eigenvalue weighted by molar-refractivity contribution is -0.895. The highest BCUT2D eigenvalue weighted by molar-refractivity contribution is 7.80. The maximum absolute atomic E-state index is 12.5. The number of anilines is 2. The molecule has 0 spiro atoms. The lowest BCUT2D eigenvalue weighted by Crippen LogP contribution is -3.15. The van der Waals surface area contributed by atoms with Crippen LogP contribution in [-0.4, -0.2) is 48.6 Å². The highest BCUT2D eigenvalue weighted by atomic mass is 32.1. The number of thiocarbonyl (C=S) groups is 1. The SMILES string of the molecule is CCc1ccccc1NC(=O)C[NH+]1CCN(C(=S)Nc2cccc(C)c2C)CC1. The number of hydrogen-bond donors (Lipinski definition) is 3. The van der Waals surface area contributed by atoms with E-state index in [2.05, 4.69) is 54.5 Å². The summed E-state index contributed by atoms with van der Waals surface area (Å²) in [6.45, 7) is 10.3.